The number of hydrogen-bond acceptors (Lipinski definition) is 0. The molecule has 2 heteroatoms. The van der Waals surface area contributed by atoms with Crippen LogP contribution in [-0.2, 0) is 0 Å². The van der Waals surface area contributed by atoms with Gasteiger partial charge in [0, 0.05) is 16.4 Å². The Morgan fingerprint density at radius 1 is 0.789 bits per heavy atom. The number of benzene rings is 2. The lowest BCUT2D eigenvalue weighted by Gasteiger charge is -2.12. The molecule has 0 bridgehead atoms. The Hall–Kier alpha value is -1.99. The molecule has 3 aromatic rings. The molecular formula is C17H14ClN. The lowest BCUT2D eigenvalue weighted by molar-refractivity contribution is 1.02. The Bertz CT molecular complexity index is 681. The van der Waals surface area contributed by atoms with E-state index >= 15 is 0 Å². The van der Waals surface area contributed by atoms with Crippen LogP contribution in [0.1, 0.15) is 5.69 Å². The SMILES string of the molecule is Cc1ccc(-c2ccc(Cl)cc2)n1-c1ccccc1. The maximum atomic E-state index is 5.95. The second-order valence-corrected chi connectivity index (χ2v) is 4.97. The van der Waals surface area contributed by atoms with Gasteiger partial charge in [0.1, 0.15) is 0 Å². The number of aryl methyl sites for hydroxylation is 1. The summed E-state index contributed by atoms with van der Waals surface area (Å²) in [5, 5.41) is 0.762. The van der Waals surface area contributed by atoms with Gasteiger partial charge in [-0.1, -0.05) is 41.9 Å². The van der Waals surface area contributed by atoms with Crippen molar-refractivity contribution in [3.05, 3.63) is 77.4 Å². The van der Waals surface area contributed by atoms with Gasteiger partial charge < -0.3 is 4.57 Å². The molecule has 0 unspecified atom stereocenters. The van der Waals surface area contributed by atoms with E-state index in [1.165, 1.54) is 22.6 Å². The van der Waals surface area contributed by atoms with E-state index < -0.39 is 0 Å². The zero-order valence-corrected chi connectivity index (χ0v) is 11.4. The molecule has 19 heavy (non-hydrogen) atoms. The van der Waals surface area contributed by atoms with Crippen LogP contribution in [-0.4, -0.2) is 4.57 Å². The highest BCUT2D eigenvalue weighted by atomic mass is 35.5. The molecule has 0 aliphatic rings. The summed E-state index contributed by atoms with van der Waals surface area (Å²) in [6, 6.07) is 22.6. The minimum atomic E-state index is 0.762. The zero-order valence-electron chi connectivity index (χ0n) is 10.7. The molecule has 1 heterocycles. The fourth-order valence-corrected chi connectivity index (χ4v) is 2.43. The fourth-order valence-electron chi connectivity index (χ4n) is 2.30. The number of halogens is 1. The van der Waals surface area contributed by atoms with E-state index in [4.69, 9.17) is 11.6 Å². The van der Waals surface area contributed by atoms with Crippen molar-refractivity contribution in [2.45, 2.75) is 6.92 Å². The molecule has 0 aliphatic carbocycles. The molecule has 0 saturated heterocycles. The van der Waals surface area contributed by atoms with Crippen LogP contribution in [0.5, 0.6) is 0 Å². The molecule has 0 radical (unpaired) electrons. The van der Waals surface area contributed by atoms with E-state index in [0.29, 0.717) is 0 Å². The lowest BCUT2D eigenvalue weighted by Crippen LogP contribution is -1.98. The lowest BCUT2D eigenvalue weighted by atomic mass is 10.1. The minimum Gasteiger partial charge on any atom is -0.314 e. The van der Waals surface area contributed by atoms with Gasteiger partial charge in [0.25, 0.3) is 0 Å². The number of nitrogens with zero attached hydrogens (tertiary/aromatic N) is 1. The Balaban J connectivity index is 2.16. The quantitative estimate of drug-likeness (QED) is 0.608. The zero-order chi connectivity index (χ0) is 13.2. The number of para-hydroxylation sites is 1. The van der Waals surface area contributed by atoms with Crippen LogP contribution in [0.4, 0.5) is 0 Å². The third-order valence-electron chi connectivity index (χ3n) is 3.23. The van der Waals surface area contributed by atoms with Crippen molar-refractivity contribution in [1.82, 2.24) is 4.57 Å². The molecule has 3 rings (SSSR count). The van der Waals surface area contributed by atoms with Crippen LogP contribution in [0.2, 0.25) is 5.02 Å². The van der Waals surface area contributed by atoms with E-state index in [9.17, 15) is 0 Å². The smallest absolute Gasteiger partial charge is 0.0531 e. The summed E-state index contributed by atoms with van der Waals surface area (Å²) in [5.74, 6) is 0. The van der Waals surface area contributed by atoms with Crippen LogP contribution in [0.25, 0.3) is 16.9 Å². The molecule has 1 aromatic heterocycles. The van der Waals surface area contributed by atoms with E-state index in [0.717, 1.165) is 5.02 Å². The molecule has 0 amide bonds. The van der Waals surface area contributed by atoms with Crippen LogP contribution < -0.4 is 0 Å². The van der Waals surface area contributed by atoms with E-state index in [2.05, 4.69) is 60.0 Å². The average molecular weight is 268 g/mol. The summed E-state index contributed by atoms with van der Waals surface area (Å²) in [5.41, 5.74) is 4.74. The molecule has 94 valence electrons. The first kappa shape index (κ1) is 12.1. The predicted molar refractivity (Wildman–Crippen MR) is 81.0 cm³/mol. The molecule has 1 nitrogen and oxygen atoms in total. The van der Waals surface area contributed by atoms with Gasteiger partial charge in [-0.05, 0) is 48.9 Å². The highest BCUT2D eigenvalue weighted by molar-refractivity contribution is 6.30. The summed E-state index contributed by atoms with van der Waals surface area (Å²) in [6.45, 7) is 2.12. The third kappa shape index (κ3) is 2.29. The van der Waals surface area contributed by atoms with Gasteiger partial charge in [-0.25, -0.2) is 0 Å². The average Bonchev–Trinajstić information content (AvgIpc) is 2.82. The van der Waals surface area contributed by atoms with Gasteiger partial charge in [-0.15, -0.1) is 0 Å². The molecule has 0 saturated carbocycles. The predicted octanol–water partition coefficient (Wildman–Crippen LogP) is 5.11. The Labute approximate surface area is 118 Å². The maximum absolute atomic E-state index is 5.95. The Morgan fingerprint density at radius 3 is 2.16 bits per heavy atom. The minimum absolute atomic E-state index is 0.762. The van der Waals surface area contributed by atoms with Crippen LogP contribution in [0.3, 0.4) is 0 Å². The van der Waals surface area contributed by atoms with Crippen molar-refractivity contribution < 1.29 is 0 Å². The summed E-state index contributed by atoms with van der Waals surface area (Å²) in [6.07, 6.45) is 0. The number of hydrogen-bond donors (Lipinski definition) is 0. The first-order valence-corrected chi connectivity index (χ1v) is 6.63. The maximum Gasteiger partial charge on any atom is 0.0531 e. The summed E-state index contributed by atoms with van der Waals surface area (Å²) < 4.78 is 2.25. The van der Waals surface area contributed by atoms with Crippen LogP contribution in [0, 0.1) is 6.92 Å². The van der Waals surface area contributed by atoms with Crippen molar-refractivity contribution >= 4 is 11.6 Å². The molecule has 2 aromatic carbocycles. The van der Waals surface area contributed by atoms with E-state index in [-0.39, 0.29) is 0 Å². The second kappa shape index (κ2) is 4.94. The van der Waals surface area contributed by atoms with Crippen LogP contribution in [0.15, 0.2) is 66.7 Å². The summed E-state index contributed by atoms with van der Waals surface area (Å²) >= 11 is 5.95. The number of rotatable bonds is 2. The Morgan fingerprint density at radius 2 is 1.47 bits per heavy atom. The van der Waals surface area contributed by atoms with Gasteiger partial charge in [-0.2, -0.15) is 0 Å². The molecular weight excluding hydrogens is 254 g/mol. The molecule has 0 aliphatic heterocycles. The standard InChI is InChI=1S/C17H14ClN/c1-13-7-12-17(14-8-10-15(18)11-9-14)19(13)16-5-3-2-4-6-16/h2-12H,1H3. The highest BCUT2D eigenvalue weighted by Gasteiger charge is 2.08. The van der Waals surface area contributed by atoms with E-state index in [1.54, 1.807) is 0 Å². The summed E-state index contributed by atoms with van der Waals surface area (Å²) in [7, 11) is 0. The van der Waals surface area contributed by atoms with Gasteiger partial charge in [0.15, 0.2) is 0 Å². The fraction of sp³-hybridized carbons (Fsp3) is 0.0588. The van der Waals surface area contributed by atoms with Gasteiger partial charge >= 0.3 is 0 Å². The van der Waals surface area contributed by atoms with Crippen molar-refractivity contribution in [2.24, 2.45) is 0 Å². The van der Waals surface area contributed by atoms with Crippen molar-refractivity contribution in [2.75, 3.05) is 0 Å². The van der Waals surface area contributed by atoms with Crippen LogP contribution >= 0.6 is 11.6 Å². The van der Waals surface area contributed by atoms with Crippen molar-refractivity contribution in [3.8, 4) is 16.9 Å². The number of aromatic nitrogens is 1. The molecule has 0 N–H and O–H groups in total. The summed E-state index contributed by atoms with van der Waals surface area (Å²) in [4.78, 5) is 0. The van der Waals surface area contributed by atoms with Gasteiger partial charge in [0.2, 0.25) is 0 Å². The third-order valence-corrected chi connectivity index (χ3v) is 3.48. The van der Waals surface area contributed by atoms with Gasteiger partial charge in [-0.3, -0.25) is 0 Å². The monoisotopic (exact) mass is 267 g/mol. The topological polar surface area (TPSA) is 4.93 Å². The largest absolute Gasteiger partial charge is 0.314 e. The normalized spacial score (nSPS) is 10.6. The van der Waals surface area contributed by atoms with E-state index in [1.807, 2.05) is 18.2 Å². The van der Waals surface area contributed by atoms with Crippen molar-refractivity contribution in [1.29, 1.82) is 0 Å². The van der Waals surface area contributed by atoms with Gasteiger partial charge in [0.05, 0.1) is 5.69 Å². The van der Waals surface area contributed by atoms with Crippen molar-refractivity contribution in [3.63, 3.8) is 0 Å². The second-order valence-electron chi connectivity index (χ2n) is 4.54. The highest BCUT2D eigenvalue weighted by Crippen LogP contribution is 2.27. The Kier molecular flexibility index (Phi) is 3.14. The molecule has 0 spiro atoms. The molecule has 0 fully saturated rings. The first-order valence-electron chi connectivity index (χ1n) is 6.25. The first-order chi connectivity index (χ1) is 9.25. The molecule has 0 atom stereocenters.